The van der Waals surface area contributed by atoms with Crippen LogP contribution in [0.15, 0.2) is 0 Å². The van der Waals surface area contributed by atoms with Crippen LogP contribution in [0.25, 0.3) is 0 Å². The van der Waals surface area contributed by atoms with Crippen LogP contribution in [0.5, 0.6) is 0 Å². The standard InChI is InChI=1S/C15H19ClF3N3O2/c1-8-5-21(6-9(2)24-8)11(23)7-22-13(10-3-4-10)12(16)14(20-22)15(17,18)19/h8-10H,3-7H2,1-2H3/t8-,9-/m1/s1. The number of nitrogens with zero attached hydrogens (tertiary/aromatic N) is 3. The van der Waals surface area contributed by atoms with Gasteiger partial charge in [0.15, 0.2) is 5.69 Å². The molecule has 0 N–H and O–H groups in total. The molecule has 1 aliphatic heterocycles. The molecule has 1 saturated heterocycles. The lowest BCUT2D eigenvalue weighted by atomic mass is 10.2. The molecule has 9 heteroatoms. The SMILES string of the molecule is C[C@@H]1CN(C(=O)Cn2nc(C(F)(F)F)c(Cl)c2C2CC2)C[C@@H](C)O1. The number of hydrogen-bond donors (Lipinski definition) is 0. The molecule has 3 rings (SSSR count). The highest BCUT2D eigenvalue weighted by Gasteiger charge is 2.42. The molecule has 2 heterocycles. The van der Waals surface area contributed by atoms with Crippen molar-refractivity contribution in [1.82, 2.24) is 14.7 Å². The van der Waals surface area contributed by atoms with Crippen molar-refractivity contribution >= 4 is 17.5 Å². The van der Waals surface area contributed by atoms with Gasteiger partial charge in [-0.25, -0.2) is 0 Å². The minimum absolute atomic E-state index is 0.0450. The van der Waals surface area contributed by atoms with Crippen molar-refractivity contribution in [2.75, 3.05) is 13.1 Å². The average molecular weight is 366 g/mol. The van der Waals surface area contributed by atoms with Gasteiger partial charge >= 0.3 is 6.18 Å². The van der Waals surface area contributed by atoms with Crippen LogP contribution in [0.4, 0.5) is 13.2 Å². The van der Waals surface area contributed by atoms with Crippen LogP contribution in [0, 0.1) is 0 Å². The van der Waals surface area contributed by atoms with Crippen LogP contribution < -0.4 is 0 Å². The Morgan fingerprint density at radius 2 is 1.88 bits per heavy atom. The van der Waals surface area contributed by atoms with Gasteiger partial charge in [0.2, 0.25) is 5.91 Å². The molecule has 2 aliphatic rings. The van der Waals surface area contributed by atoms with Crippen LogP contribution in [-0.4, -0.2) is 45.9 Å². The molecule has 0 radical (unpaired) electrons. The highest BCUT2D eigenvalue weighted by Crippen LogP contribution is 2.46. The predicted octanol–water partition coefficient (Wildman–Crippen LogP) is 3.07. The largest absolute Gasteiger partial charge is 0.436 e. The Bertz CT molecular complexity index is 633. The Balaban J connectivity index is 1.83. The molecular weight excluding hydrogens is 347 g/mol. The zero-order valence-corrected chi connectivity index (χ0v) is 14.2. The third-order valence-electron chi connectivity index (χ3n) is 4.22. The van der Waals surface area contributed by atoms with Gasteiger partial charge in [-0.05, 0) is 26.7 Å². The quantitative estimate of drug-likeness (QED) is 0.827. The van der Waals surface area contributed by atoms with E-state index in [0.29, 0.717) is 18.8 Å². The monoisotopic (exact) mass is 365 g/mol. The third kappa shape index (κ3) is 3.54. The second-order valence-corrected chi connectivity index (χ2v) is 6.91. The van der Waals surface area contributed by atoms with Crippen molar-refractivity contribution in [3.8, 4) is 0 Å². The number of halogens is 4. The topological polar surface area (TPSA) is 47.4 Å². The summed E-state index contributed by atoms with van der Waals surface area (Å²) in [6.07, 6.45) is -3.30. The van der Waals surface area contributed by atoms with E-state index < -0.39 is 11.9 Å². The summed E-state index contributed by atoms with van der Waals surface area (Å²) >= 11 is 5.92. The third-order valence-corrected chi connectivity index (χ3v) is 4.59. The summed E-state index contributed by atoms with van der Waals surface area (Å²) in [6.45, 7) is 4.32. The zero-order valence-electron chi connectivity index (χ0n) is 13.4. The Morgan fingerprint density at radius 1 is 1.29 bits per heavy atom. The van der Waals surface area contributed by atoms with Gasteiger partial charge in [-0.3, -0.25) is 9.48 Å². The van der Waals surface area contributed by atoms with Crippen LogP contribution >= 0.6 is 11.6 Å². The minimum atomic E-state index is -4.63. The van der Waals surface area contributed by atoms with Crippen molar-refractivity contribution in [3.63, 3.8) is 0 Å². The maximum absolute atomic E-state index is 13.0. The molecule has 24 heavy (non-hydrogen) atoms. The number of rotatable bonds is 3. The second-order valence-electron chi connectivity index (χ2n) is 6.53. The maximum Gasteiger partial charge on any atom is 0.436 e. The first-order chi connectivity index (χ1) is 11.2. The van der Waals surface area contributed by atoms with Gasteiger partial charge in [-0.1, -0.05) is 11.6 Å². The lowest BCUT2D eigenvalue weighted by Gasteiger charge is -2.35. The van der Waals surface area contributed by atoms with E-state index in [1.54, 1.807) is 4.90 Å². The molecule has 1 aliphatic carbocycles. The summed E-state index contributed by atoms with van der Waals surface area (Å²) in [7, 11) is 0. The molecule has 2 atom stereocenters. The number of morpholine rings is 1. The molecule has 0 spiro atoms. The van der Waals surface area contributed by atoms with Gasteiger partial charge in [-0.15, -0.1) is 0 Å². The van der Waals surface area contributed by atoms with E-state index in [4.69, 9.17) is 16.3 Å². The smallest absolute Gasteiger partial charge is 0.372 e. The molecule has 0 aromatic carbocycles. The number of ether oxygens (including phenoxy) is 1. The minimum Gasteiger partial charge on any atom is -0.372 e. The fraction of sp³-hybridized carbons (Fsp3) is 0.733. The lowest BCUT2D eigenvalue weighted by molar-refractivity contribution is -0.145. The summed E-state index contributed by atoms with van der Waals surface area (Å²) in [5.74, 6) is -0.316. The first-order valence-electron chi connectivity index (χ1n) is 7.93. The van der Waals surface area contributed by atoms with Crippen molar-refractivity contribution in [2.24, 2.45) is 0 Å². The highest BCUT2D eigenvalue weighted by atomic mass is 35.5. The highest BCUT2D eigenvalue weighted by molar-refractivity contribution is 6.32. The Hall–Kier alpha value is -1.28. The molecule has 134 valence electrons. The second kappa shape index (κ2) is 6.22. The van der Waals surface area contributed by atoms with E-state index in [0.717, 1.165) is 17.5 Å². The molecule has 1 aromatic rings. The van der Waals surface area contributed by atoms with Gasteiger partial charge in [0.1, 0.15) is 6.54 Å². The molecule has 2 fully saturated rings. The van der Waals surface area contributed by atoms with Crippen LogP contribution in [0.1, 0.15) is 44.0 Å². The molecule has 0 unspecified atom stereocenters. The first-order valence-corrected chi connectivity index (χ1v) is 8.31. The normalized spacial score (nSPS) is 25.2. The van der Waals surface area contributed by atoms with Crippen molar-refractivity contribution < 1.29 is 22.7 Å². The van der Waals surface area contributed by atoms with E-state index in [1.807, 2.05) is 13.8 Å². The Labute approximate surface area is 142 Å². The fourth-order valence-electron chi connectivity index (χ4n) is 3.11. The number of carbonyl (C=O) groups is 1. The molecule has 1 saturated carbocycles. The molecule has 1 amide bonds. The number of carbonyl (C=O) groups excluding carboxylic acids is 1. The van der Waals surface area contributed by atoms with Crippen molar-refractivity contribution in [2.45, 2.75) is 57.5 Å². The van der Waals surface area contributed by atoms with Gasteiger partial charge in [0.05, 0.1) is 22.9 Å². The summed E-state index contributed by atoms with van der Waals surface area (Å²) in [6, 6.07) is 0. The lowest BCUT2D eigenvalue weighted by Crippen LogP contribution is -2.49. The van der Waals surface area contributed by atoms with Crippen LogP contribution in [-0.2, 0) is 22.3 Å². The molecular formula is C15H19ClF3N3O2. The summed E-state index contributed by atoms with van der Waals surface area (Å²) in [4.78, 5) is 14.1. The van der Waals surface area contributed by atoms with E-state index in [1.165, 1.54) is 0 Å². The molecule has 1 aromatic heterocycles. The first kappa shape index (κ1) is 17.5. The van der Waals surface area contributed by atoms with Gasteiger partial charge < -0.3 is 9.64 Å². The molecule has 5 nitrogen and oxygen atoms in total. The van der Waals surface area contributed by atoms with Crippen LogP contribution in [0.3, 0.4) is 0 Å². The fourth-order valence-corrected chi connectivity index (χ4v) is 3.51. The molecule has 0 bridgehead atoms. The summed E-state index contributed by atoms with van der Waals surface area (Å²) in [5.41, 5.74) is -0.783. The van der Waals surface area contributed by atoms with Crippen molar-refractivity contribution in [3.05, 3.63) is 16.4 Å². The van der Waals surface area contributed by atoms with Gasteiger partial charge in [0.25, 0.3) is 0 Å². The summed E-state index contributed by atoms with van der Waals surface area (Å²) < 4.78 is 45.9. The average Bonchev–Trinajstić information content (AvgIpc) is 3.21. The number of amides is 1. The number of alkyl halides is 3. The zero-order chi connectivity index (χ0) is 17.6. The predicted molar refractivity (Wildman–Crippen MR) is 80.8 cm³/mol. The van der Waals surface area contributed by atoms with Crippen molar-refractivity contribution in [1.29, 1.82) is 0 Å². The van der Waals surface area contributed by atoms with Gasteiger partial charge in [0, 0.05) is 19.0 Å². The van der Waals surface area contributed by atoms with E-state index in [-0.39, 0.29) is 35.6 Å². The Kier molecular flexibility index (Phi) is 4.55. The van der Waals surface area contributed by atoms with E-state index >= 15 is 0 Å². The summed E-state index contributed by atoms with van der Waals surface area (Å²) in [5, 5.41) is 3.22. The number of hydrogen-bond acceptors (Lipinski definition) is 3. The van der Waals surface area contributed by atoms with Gasteiger partial charge in [-0.2, -0.15) is 18.3 Å². The van der Waals surface area contributed by atoms with E-state index in [2.05, 4.69) is 5.10 Å². The number of aromatic nitrogens is 2. The maximum atomic E-state index is 13.0. The Morgan fingerprint density at radius 3 is 2.38 bits per heavy atom. The van der Waals surface area contributed by atoms with E-state index in [9.17, 15) is 18.0 Å². The van der Waals surface area contributed by atoms with Crippen LogP contribution in [0.2, 0.25) is 5.02 Å².